The molecule has 7 heteroatoms. The molecule has 0 bridgehead atoms. The summed E-state index contributed by atoms with van der Waals surface area (Å²) in [5.41, 5.74) is 3.55. The summed E-state index contributed by atoms with van der Waals surface area (Å²) in [4.78, 5) is 2.23. The minimum Gasteiger partial charge on any atom is -0.390 e. The number of hydrogen-bond donors (Lipinski definition) is 2. The highest BCUT2D eigenvalue weighted by Gasteiger charge is 2.17. The molecule has 0 unspecified atom stereocenters. The lowest BCUT2D eigenvalue weighted by atomic mass is 10.2. The van der Waals surface area contributed by atoms with Gasteiger partial charge in [0, 0.05) is 37.2 Å². The normalized spacial score (nSPS) is 10.4. The van der Waals surface area contributed by atoms with Crippen molar-refractivity contribution in [3.63, 3.8) is 0 Å². The summed E-state index contributed by atoms with van der Waals surface area (Å²) in [6.07, 6.45) is 4.27. The van der Waals surface area contributed by atoms with Crippen molar-refractivity contribution in [1.29, 1.82) is 0 Å². The number of thiazole rings is 1. The van der Waals surface area contributed by atoms with Gasteiger partial charge in [-0.25, -0.2) is 0 Å². The molecule has 164 valence electrons. The zero-order valence-corrected chi connectivity index (χ0v) is 22.2. The molecule has 3 nitrogen and oxygen atoms in total. The lowest BCUT2D eigenvalue weighted by Gasteiger charge is -2.18. The number of aromatic nitrogens is 1. The van der Waals surface area contributed by atoms with Crippen LogP contribution < -0.4 is 9.47 Å². The molecule has 0 aliphatic rings. The molecule has 3 rings (SSSR count). The van der Waals surface area contributed by atoms with Gasteiger partial charge in [-0.3, -0.25) is 0 Å². The van der Waals surface area contributed by atoms with E-state index in [1.165, 1.54) is 21.5 Å². The fraction of sp³-hybridized carbons (Fsp3) is 0.348. The third kappa shape index (κ3) is 7.93. The van der Waals surface area contributed by atoms with Crippen molar-refractivity contribution in [1.82, 2.24) is 0 Å². The first-order valence-electron chi connectivity index (χ1n) is 9.88. The van der Waals surface area contributed by atoms with Crippen LogP contribution in [0.2, 0.25) is 0 Å². The fourth-order valence-corrected chi connectivity index (χ4v) is 4.51. The maximum absolute atomic E-state index is 9.40. The van der Waals surface area contributed by atoms with E-state index in [1.807, 2.05) is 25.7 Å². The molecule has 0 atom stereocenters. The van der Waals surface area contributed by atoms with Crippen LogP contribution in [0.25, 0.3) is 22.4 Å². The van der Waals surface area contributed by atoms with Crippen LogP contribution in [0.15, 0.2) is 48.5 Å². The summed E-state index contributed by atoms with van der Waals surface area (Å²) in [6, 6.07) is 16.9. The van der Waals surface area contributed by atoms with Gasteiger partial charge in [0.1, 0.15) is 11.3 Å². The second kappa shape index (κ2) is 15.8. The Bertz CT molecular complexity index is 882. The van der Waals surface area contributed by atoms with Crippen LogP contribution in [-0.4, -0.2) is 36.9 Å². The number of hydrogen-bond acceptors (Lipinski definition) is 5. The molecule has 3 aromatic rings. The maximum Gasteiger partial charge on any atom is 0.262 e. The number of para-hydroxylation sites is 1. The lowest BCUT2D eigenvalue weighted by molar-refractivity contribution is -0.670. The molecule has 0 saturated heterocycles. The zero-order valence-electron chi connectivity index (χ0n) is 18.1. The number of fused-ring (bicyclic) bond motifs is 1. The van der Waals surface area contributed by atoms with Gasteiger partial charge in [-0.15, -0.1) is 11.7 Å². The number of thiol groups is 1. The first kappa shape index (κ1) is 27.0. The van der Waals surface area contributed by atoms with Gasteiger partial charge in [-0.1, -0.05) is 76.2 Å². The highest BCUT2D eigenvalue weighted by atomic mass is 79.9. The summed E-state index contributed by atoms with van der Waals surface area (Å²) in [5, 5.41) is 10.5. The van der Waals surface area contributed by atoms with E-state index in [-0.39, 0.29) is 6.61 Å². The van der Waals surface area contributed by atoms with Gasteiger partial charge in [0.2, 0.25) is 5.52 Å². The number of alkyl halides is 1. The number of aliphatic hydroxyl groups is 1. The van der Waals surface area contributed by atoms with Crippen molar-refractivity contribution in [2.45, 2.75) is 20.4 Å². The smallest absolute Gasteiger partial charge is 0.262 e. The van der Waals surface area contributed by atoms with Crippen molar-refractivity contribution in [2.75, 3.05) is 36.7 Å². The Balaban J connectivity index is 0.00000106. The topological polar surface area (TPSA) is 27.4 Å². The minimum atomic E-state index is 0.137. The Morgan fingerprint density at radius 1 is 1.10 bits per heavy atom. The molecular formula is C23H32BrN2OS3+. The van der Waals surface area contributed by atoms with Crippen LogP contribution in [0.4, 0.5) is 5.69 Å². The number of nitrogens with zero attached hydrogens (tertiary/aromatic N) is 2. The largest absolute Gasteiger partial charge is 0.390 e. The molecule has 0 radical (unpaired) electrons. The zero-order chi connectivity index (χ0) is 22.4. The average molecular weight is 529 g/mol. The van der Waals surface area contributed by atoms with Gasteiger partial charge in [0.25, 0.3) is 5.01 Å². The van der Waals surface area contributed by atoms with E-state index in [2.05, 4.69) is 98.7 Å². The van der Waals surface area contributed by atoms with Crippen molar-refractivity contribution in [3.8, 4) is 0 Å². The third-order valence-corrected chi connectivity index (χ3v) is 6.27. The molecule has 1 aromatic heterocycles. The van der Waals surface area contributed by atoms with Gasteiger partial charge in [-0.05, 0) is 35.7 Å². The van der Waals surface area contributed by atoms with Crippen LogP contribution in [0.5, 0.6) is 0 Å². The van der Waals surface area contributed by atoms with Crippen LogP contribution in [0.3, 0.4) is 0 Å². The molecule has 0 aliphatic heterocycles. The van der Waals surface area contributed by atoms with Crippen LogP contribution in [0, 0.1) is 0 Å². The lowest BCUT2D eigenvalue weighted by Crippen LogP contribution is -2.36. The fourth-order valence-electron chi connectivity index (χ4n) is 2.82. The SMILES string of the molecule is CBr.CC.CN(CCSS)c1ccc(/C=C/c2sc3ccccc3[n+]2CCO)cc1. The summed E-state index contributed by atoms with van der Waals surface area (Å²) in [5.74, 6) is 2.81. The molecule has 1 N–H and O–H groups in total. The highest BCUT2D eigenvalue weighted by molar-refractivity contribution is 9.08. The minimum absolute atomic E-state index is 0.137. The van der Waals surface area contributed by atoms with Crippen LogP contribution in [-0.2, 0) is 6.54 Å². The predicted octanol–water partition coefficient (Wildman–Crippen LogP) is 6.40. The molecule has 0 amide bonds. The van der Waals surface area contributed by atoms with E-state index in [0.717, 1.165) is 17.3 Å². The Kier molecular flexibility index (Phi) is 14.2. The predicted molar refractivity (Wildman–Crippen MR) is 145 cm³/mol. The molecule has 0 fully saturated rings. The van der Waals surface area contributed by atoms with Crippen LogP contribution >= 0.6 is 49.7 Å². The average Bonchev–Trinajstić information content (AvgIpc) is 3.17. The van der Waals surface area contributed by atoms with E-state index < -0.39 is 0 Å². The summed E-state index contributed by atoms with van der Waals surface area (Å²) < 4.78 is 3.41. The molecule has 0 saturated carbocycles. The van der Waals surface area contributed by atoms with Crippen molar-refractivity contribution >= 4 is 77.8 Å². The third-order valence-electron chi connectivity index (χ3n) is 4.23. The van der Waals surface area contributed by atoms with Crippen molar-refractivity contribution < 1.29 is 9.67 Å². The molecule has 0 aliphatic carbocycles. The summed E-state index contributed by atoms with van der Waals surface area (Å²) in [7, 11) is 3.66. The Morgan fingerprint density at radius 2 is 1.77 bits per heavy atom. The molecular weight excluding hydrogens is 496 g/mol. The van der Waals surface area contributed by atoms with Crippen LogP contribution in [0.1, 0.15) is 24.4 Å². The molecule has 30 heavy (non-hydrogen) atoms. The number of rotatable bonds is 8. The summed E-state index contributed by atoms with van der Waals surface area (Å²) in [6.45, 7) is 5.72. The first-order valence-corrected chi connectivity index (χ1v) is 14.3. The molecule has 1 heterocycles. The van der Waals surface area contributed by atoms with Gasteiger partial charge in [-0.2, -0.15) is 4.57 Å². The number of benzene rings is 2. The number of anilines is 1. The standard InChI is InChI=1S/C20H22N2OS3.C2H6.CH3Br/c1-21(13-15-25-24)17-9-6-16(7-10-17)8-11-20-22(12-14-23)18-4-2-3-5-19(18)26-20;2*1-2/h2-11,23H,12-15H2,1H3;1-2H3;1H3/p+1. The van der Waals surface area contributed by atoms with Gasteiger partial charge >= 0.3 is 0 Å². The Morgan fingerprint density at radius 3 is 2.40 bits per heavy atom. The van der Waals surface area contributed by atoms with E-state index >= 15 is 0 Å². The van der Waals surface area contributed by atoms with E-state index in [1.54, 1.807) is 22.1 Å². The van der Waals surface area contributed by atoms with Gasteiger partial charge in [0.05, 0.1) is 0 Å². The number of halogens is 1. The monoisotopic (exact) mass is 527 g/mol. The van der Waals surface area contributed by atoms with E-state index in [0.29, 0.717) is 6.54 Å². The molecule has 0 spiro atoms. The second-order valence-electron chi connectivity index (χ2n) is 5.96. The van der Waals surface area contributed by atoms with Crippen molar-refractivity contribution in [3.05, 3.63) is 59.1 Å². The Hall–Kier alpha value is -0.990. The van der Waals surface area contributed by atoms with E-state index in [4.69, 9.17) is 0 Å². The van der Waals surface area contributed by atoms with E-state index in [9.17, 15) is 5.11 Å². The van der Waals surface area contributed by atoms with Crippen molar-refractivity contribution in [2.24, 2.45) is 0 Å². The quantitative estimate of drug-likeness (QED) is 0.153. The first-order chi connectivity index (χ1) is 14.7. The van der Waals surface area contributed by atoms with Gasteiger partial charge < -0.3 is 10.0 Å². The Labute approximate surface area is 202 Å². The second-order valence-corrected chi connectivity index (χ2v) is 8.47. The number of aliphatic hydroxyl groups excluding tert-OH is 1. The summed E-state index contributed by atoms with van der Waals surface area (Å²) >= 11 is 8.88. The highest BCUT2D eigenvalue weighted by Crippen LogP contribution is 2.22. The molecule has 2 aromatic carbocycles. The van der Waals surface area contributed by atoms with Gasteiger partial charge in [0.15, 0.2) is 6.54 Å². The maximum atomic E-state index is 9.40.